The number of halogens is 3. The van der Waals surface area contributed by atoms with E-state index in [-0.39, 0.29) is 5.82 Å². The van der Waals surface area contributed by atoms with Crippen molar-refractivity contribution in [1.82, 2.24) is 0 Å². The van der Waals surface area contributed by atoms with Gasteiger partial charge in [-0.25, -0.2) is 4.39 Å². The van der Waals surface area contributed by atoms with Crippen LogP contribution in [0.3, 0.4) is 0 Å². The van der Waals surface area contributed by atoms with Crippen LogP contribution in [0, 0.1) is 17.1 Å². The van der Waals surface area contributed by atoms with E-state index in [0.29, 0.717) is 20.9 Å². The van der Waals surface area contributed by atoms with Crippen LogP contribution < -0.4 is 0 Å². The average Bonchev–Trinajstić information content (AvgIpc) is 2.03. The van der Waals surface area contributed by atoms with Crippen LogP contribution in [-0.2, 0) is 5.33 Å². The quantitative estimate of drug-likeness (QED) is 0.728. The summed E-state index contributed by atoms with van der Waals surface area (Å²) in [6, 6.07) is 4.63. The van der Waals surface area contributed by atoms with E-state index >= 15 is 0 Å². The zero-order chi connectivity index (χ0) is 9.14. The molecule has 0 aliphatic heterocycles. The highest BCUT2D eigenvalue weighted by molar-refractivity contribution is 9.10. The van der Waals surface area contributed by atoms with Crippen molar-refractivity contribution in [2.75, 3.05) is 0 Å². The molecule has 0 amide bonds. The smallest absolute Gasteiger partial charge is 0.124 e. The first-order valence-corrected chi connectivity index (χ1v) is 5.04. The molecule has 12 heavy (non-hydrogen) atoms. The Balaban J connectivity index is 3.36. The van der Waals surface area contributed by atoms with Crippen LogP contribution in [-0.4, -0.2) is 0 Å². The second-order valence-corrected chi connectivity index (χ2v) is 3.58. The normalized spacial score (nSPS) is 9.50. The summed E-state index contributed by atoms with van der Waals surface area (Å²) in [5.41, 5.74) is 1.14. The van der Waals surface area contributed by atoms with Crippen molar-refractivity contribution in [2.24, 2.45) is 0 Å². The van der Waals surface area contributed by atoms with E-state index in [1.807, 2.05) is 6.07 Å². The third kappa shape index (κ3) is 1.85. The predicted octanol–water partition coefficient (Wildman–Crippen LogP) is 3.35. The molecule has 0 aliphatic carbocycles. The van der Waals surface area contributed by atoms with Crippen LogP contribution in [0.4, 0.5) is 4.39 Å². The minimum Gasteiger partial charge on any atom is -0.207 e. The summed E-state index contributed by atoms with van der Waals surface area (Å²) in [6.45, 7) is 0. The second kappa shape index (κ2) is 4.01. The molecule has 0 N–H and O–H groups in total. The van der Waals surface area contributed by atoms with Crippen LogP contribution in [0.1, 0.15) is 11.1 Å². The summed E-state index contributed by atoms with van der Waals surface area (Å²) in [5, 5.41) is 9.18. The van der Waals surface area contributed by atoms with Crippen LogP contribution in [0.15, 0.2) is 16.6 Å². The molecule has 0 aromatic heterocycles. The minimum absolute atomic E-state index is 0.338. The Morgan fingerprint density at radius 1 is 1.50 bits per heavy atom. The molecular weight excluding hydrogens is 289 g/mol. The maximum absolute atomic E-state index is 12.8. The molecule has 1 rings (SSSR count). The van der Waals surface area contributed by atoms with E-state index in [4.69, 9.17) is 5.26 Å². The molecule has 1 aromatic rings. The van der Waals surface area contributed by atoms with Gasteiger partial charge in [-0.1, -0.05) is 15.9 Å². The summed E-state index contributed by atoms with van der Waals surface area (Å²) in [7, 11) is 0. The molecule has 0 atom stereocenters. The van der Waals surface area contributed by atoms with Crippen molar-refractivity contribution in [2.45, 2.75) is 5.33 Å². The molecule has 0 radical (unpaired) electrons. The first kappa shape index (κ1) is 9.69. The lowest BCUT2D eigenvalue weighted by atomic mass is 10.1. The van der Waals surface area contributed by atoms with Crippen molar-refractivity contribution < 1.29 is 4.39 Å². The van der Waals surface area contributed by atoms with E-state index in [2.05, 4.69) is 31.9 Å². The topological polar surface area (TPSA) is 23.8 Å². The molecule has 62 valence electrons. The number of rotatable bonds is 1. The highest BCUT2D eigenvalue weighted by Gasteiger charge is 2.07. The average molecular weight is 293 g/mol. The number of nitriles is 1. The number of hydrogen-bond acceptors (Lipinski definition) is 1. The van der Waals surface area contributed by atoms with Gasteiger partial charge in [0.2, 0.25) is 0 Å². The van der Waals surface area contributed by atoms with E-state index in [1.54, 1.807) is 0 Å². The molecular formula is C8H4Br2FN. The Morgan fingerprint density at radius 2 is 2.17 bits per heavy atom. The fourth-order valence-corrected chi connectivity index (χ4v) is 1.86. The summed E-state index contributed by atoms with van der Waals surface area (Å²) in [6.07, 6.45) is 0. The van der Waals surface area contributed by atoms with Crippen molar-refractivity contribution in [3.05, 3.63) is 33.5 Å². The van der Waals surface area contributed by atoms with Gasteiger partial charge in [0.15, 0.2) is 0 Å². The van der Waals surface area contributed by atoms with E-state index in [9.17, 15) is 4.39 Å². The second-order valence-electron chi connectivity index (χ2n) is 2.17. The van der Waals surface area contributed by atoms with Crippen LogP contribution in [0.5, 0.6) is 0 Å². The van der Waals surface area contributed by atoms with Crippen LogP contribution in [0.2, 0.25) is 0 Å². The summed E-state index contributed by atoms with van der Waals surface area (Å²) < 4.78 is 13.3. The third-order valence-electron chi connectivity index (χ3n) is 1.39. The maximum Gasteiger partial charge on any atom is 0.124 e. The van der Waals surface area contributed by atoms with Gasteiger partial charge >= 0.3 is 0 Å². The molecule has 0 saturated heterocycles. The number of nitrogens with zero attached hydrogens (tertiary/aromatic N) is 1. The van der Waals surface area contributed by atoms with E-state index in [1.165, 1.54) is 12.1 Å². The Labute approximate surface area is 86.5 Å². The number of benzene rings is 1. The van der Waals surface area contributed by atoms with E-state index < -0.39 is 0 Å². The Bertz CT molecular complexity index is 344. The Morgan fingerprint density at radius 3 is 2.67 bits per heavy atom. The SMILES string of the molecule is N#Cc1c(Br)cc(F)cc1CBr. The standard InChI is InChI=1S/C8H4Br2FN/c9-3-5-1-6(11)2-8(10)7(5)4-12/h1-2H,3H2. The lowest BCUT2D eigenvalue weighted by molar-refractivity contribution is 0.625. The van der Waals surface area contributed by atoms with Gasteiger partial charge in [0.05, 0.1) is 5.56 Å². The predicted molar refractivity (Wildman–Crippen MR) is 51.4 cm³/mol. The van der Waals surface area contributed by atoms with Gasteiger partial charge in [-0.15, -0.1) is 0 Å². The highest BCUT2D eigenvalue weighted by Crippen LogP contribution is 2.23. The highest BCUT2D eigenvalue weighted by atomic mass is 79.9. The summed E-state index contributed by atoms with van der Waals surface area (Å²) in [5.74, 6) is -0.338. The van der Waals surface area contributed by atoms with Crippen molar-refractivity contribution in [3.63, 3.8) is 0 Å². The molecule has 0 fully saturated rings. The van der Waals surface area contributed by atoms with Gasteiger partial charge in [-0.2, -0.15) is 5.26 Å². The molecule has 0 saturated carbocycles. The number of hydrogen-bond donors (Lipinski definition) is 0. The fraction of sp³-hybridized carbons (Fsp3) is 0.125. The first-order valence-electron chi connectivity index (χ1n) is 3.13. The molecule has 0 bridgehead atoms. The van der Waals surface area contributed by atoms with E-state index in [0.717, 1.165) is 0 Å². The molecule has 0 heterocycles. The maximum atomic E-state index is 12.8. The largest absolute Gasteiger partial charge is 0.207 e. The first-order chi connectivity index (χ1) is 5.69. The van der Waals surface area contributed by atoms with Gasteiger partial charge in [0.25, 0.3) is 0 Å². The third-order valence-corrected chi connectivity index (χ3v) is 2.62. The fourth-order valence-electron chi connectivity index (χ4n) is 0.857. The monoisotopic (exact) mass is 291 g/mol. The number of alkyl halides is 1. The van der Waals surface area contributed by atoms with Gasteiger partial charge in [0, 0.05) is 9.80 Å². The zero-order valence-corrected chi connectivity index (χ0v) is 9.11. The molecule has 1 nitrogen and oxygen atoms in total. The minimum atomic E-state index is -0.338. The van der Waals surface area contributed by atoms with Crippen molar-refractivity contribution in [3.8, 4) is 6.07 Å². The molecule has 1 aromatic carbocycles. The molecule has 4 heteroatoms. The summed E-state index contributed by atoms with van der Waals surface area (Å²) in [4.78, 5) is 0. The van der Waals surface area contributed by atoms with Crippen LogP contribution in [0.25, 0.3) is 0 Å². The van der Waals surface area contributed by atoms with Gasteiger partial charge in [-0.05, 0) is 33.6 Å². The molecule has 0 unspecified atom stereocenters. The van der Waals surface area contributed by atoms with Gasteiger partial charge < -0.3 is 0 Å². The van der Waals surface area contributed by atoms with Crippen molar-refractivity contribution in [1.29, 1.82) is 5.26 Å². The zero-order valence-electron chi connectivity index (χ0n) is 5.94. The lowest BCUT2D eigenvalue weighted by Crippen LogP contribution is -1.89. The van der Waals surface area contributed by atoms with Gasteiger partial charge in [-0.3, -0.25) is 0 Å². The summed E-state index contributed by atoms with van der Waals surface area (Å²) >= 11 is 6.29. The molecule has 0 spiro atoms. The molecule has 0 aliphatic rings. The Hall–Kier alpha value is -0.400. The van der Waals surface area contributed by atoms with Crippen LogP contribution >= 0.6 is 31.9 Å². The van der Waals surface area contributed by atoms with Crippen molar-refractivity contribution >= 4 is 31.9 Å². The lowest BCUT2D eigenvalue weighted by Gasteiger charge is -2.01. The van der Waals surface area contributed by atoms with Gasteiger partial charge in [0.1, 0.15) is 11.9 Å². The Kier molecular flexibility index (Phi) is 3.24.